The number of amides is 1. The van der Waals surface area contributed by atoms with Crippen LogP contribution in [0.1, 0.15) is 17.5 Å². The average Bonchev–Trinajstić information content (AvgIpc) is 2.96. The van der Waals surface area contributed by atoms with E-state index in [1.54, 1.807) is 24.1 Å². The lowest BCUT2D eigenvalue weighted by Crippen LogP contribution is -2.24. The highest BCUT2D eigenvalue weighted by Gasteiger charge is 2.14. The van der Waals surface area contributed by atoms with E-state index in [9.17, 15) is 4.79 Å². The molecule has 0 N–H and O–H groups in total. The summed E-state index contributed by atoms with van der Waals surface area (Å²) in [6.07, 6.45) is 4.22. The summed E-state index contributed by atoms with van der Waals surface area (Å²) in [7, 11) is 1.78. The quantitative estimate of drug-likeness (QED) is 0.761. The van der Waals surface area contributed by atoms with Crippen LogP contribution in [0, 0.1) is 0 Å². The number of benzene rings is 2. The molecular weight excluding hydrogens is 358 g/mol. The molecule has 0 saturated heterocycles. The highest BCUT2D eigenvalue weighted by molar-refractivity contribution is 5.91. The largest absolute Gasteiger partial charge is 0.490 e. The van der Waals surface area contributed by atoms with Crippen LogP contribution < -0.4 is 18.9 Å². The number of carbonyl (C=O) groups is 1. The topological polar surface area (TPSA) is 57.2 Å². The minimum atomic E-state index is -0.0815. The summed E-state index contributed by atoms with van der Waals surface area (Å²) in [4.78, 5) is 14.1. The molecule has 0 aliphatic carbocycles. The van der Waals surface area contributed by atoms with E-state index < -0.39 is 0 Å². The smallest absolute Gasteiger partial charge is 0.246 e. The Bertz CT molecular complexity index is 892. The molecule has 0 fully saturated rings. The number of ether oxygens (including phenoxy) is 4. The van der Waals surface area contributed by atoms with E-state index in [0.29, 0.717) is 33.0 Å². The first-order valence-electron chi connectivity index (χ1n) is 9.40. The summed E-state index contributed by atoms with van der Waals surface area (Å²) in [5.74, 6) is 2.86. The predicted molar refractivity (Wildman–Crippen MR) is 105 cm³/mol. The number of fused-ring (bicyclic) bond motifs is 2. The van der Waals surface area contributed by atoms with Crippen LogP contribution in [-0.4, -0.2) is 44.3 Å². The molecule has 2 aromatic carbocycles. The first-order chi connectivity index (χ1) is 13.7. The Balaban J connectivity index is 1.39. The Labute approximate surface area is 164 Å². The fourth-order valence-electron chi connectivity index (χ4n) is 3.12. The van der Waals surface area contributed by atoms with Crippen molar-refractivity contribution in [3.63, 3.8) is 0 Å². The molecule has 0 atom stereocenters. The highest BCUT2D eigenvalue weighted by Crippen LogP contribution is 2.32. The Kier molecular flexibility index (Phi) is 5.37. The molecule has 0 bridgehead atoms. The van der Waals surface area contributed by atoms with E-state index in [4.69, 9.17) is 18.9 Å². The Morgan fingerprint density at radius 1 is 0.893 bits per heavy atom. The van der Waals surface area contributed by atoms with Crippen molar-refractivity contribution in [3.8, 4) is 23.0 Å². The molecule has 4 rings (SSSR count). The van der Waals surface area contributed by atoms with Gasteiger partial charge in [0.2, 0.25) is 5.91 Å². The summed E-state index contributed by atoms with van der Waals surface area (Å²) in [6, 6.07) is 11.4. The third-order valence-corrected chi connectivity index (χ3v) is 4.59. The summed E-state index contributed by atoms with van der Waals surface area (Å²) < 4.78 is 22.5. The van der Waals surface area contributed by atoms with Gasteiger partial charge in [0.1, 0.15) is 13.2 Å². The minimum absolute atomic E-state index is 0.0815. The monoisotopic (exact) mass is 381 g/mol. The van der Waals surface area contributed by atoms with Crippen LogP contribution in [0.2, 0.25) is 0 Å². The van der Waals surface area contributed by atoms with Crippen LogP contribution in [0.15, 0.2) is 42.5 Å². The van der Waals surface area contributed by atoms with E-state index in [0.717, 1.165) is 40.5 Å². The molecular formula is C22H23NO5. The summed E-state index contributed by atoms with van der Waals surface area (Å²) >= 11 is 0. The van der Waals surface area contributed by atoms with Gasteiger partial charge in [-0.05, 0) is 41.5 Å². The summed E-state index contributed by atoms with van der Waals surface area (Å²) in [5.41, 5.74) is 1.88. The third kappa shape index (κ3) is 4.22. The van der Waals surface area contributed by atoms with Gasteiger partial charge in [0.25, 0.3) is 0 Å². The molecule has 146 valence electrons. The molecule has 1 amide bonds. The van der Waals surface area contributed by atoms with Crippen molar-refractivity contribution in [1.82, 2.24) is 4.90 Å². The minimum Gasteiger partial charge on any atom is -0.490 e. The van der Waals surface area contributed by atoms with Crippen molar-refractivity contribution in [2.75, 3.05) is 33.5 Å². The first-order valence-corrected chi connectivity index (χ1v) is 9.40. The van der Waals surface area contributed by atoms with E-state index in [2.05, 4.69) is 0 Å². The molecule has 0 aromatic heterocycles. The number of likely N-dealkylation sites (N-methyl/N-ethyl adjacent to an activating group) is 1. The van der Waals surface area contributed by atoms with Gasteiger partial charge in [-0.15, -0.1) is 0 Å². The van der Waals surface area contributed by atoms with Gasteiger partial charge in [-0.1, -0.05) is 12.1 Å². The Morgan fingerprint density at radius 2 is 1.54 bits per heavy atom. The second-order valence-electron chi connectivity index (χ2n) is 6.76. The maximum Gasteiger partial charge on any atom is 0.246 e. The Morgan fingerprint density at radius 3 is 2.36 bits per heavy atom. The zero-order valence-corrected chi connectivity index (χ0v) is 15.8. The molecule has 28 heavy (non-hydrogen) atoms. The van der Waals surface area contributed by atoms with Crippen LogP contribution in [-0.2, 0) is 11.3 Å². The van der Waals surface area contributed by atoms with Gasteiger partial charge in [-0.2, -0.15) is 0 Å². The lowest BCUT2D eigenvalue weighted by atomic mass is 10.1. The number of hydrogen-bond donors (Lipinski definition) is 0. The van der Waals surface area contributed by atoms with Crippen molar-refractivity contribution in [3.05, 3.63) is 53.6 Å². The van der Waals surface area contributed by atoms with Crippen molar-refractivity contribution in [1.29, 1.82) is 0 Å². The van der Waals surface area contributed by atoms with Gasteiger partial charge >= 0.3 is 0 Å². The van der Waals surface area contributed by atoms with Gasteiger partial charge in [-0.25, -0.2) is 0 Å². The standard InChI is InChI=1S/C22H23NO5/c1-23(15-17-4-7-19-21(14-17)28-12-11-27-19)22(24)8-5-16-3-6-18-20(13-16)26-10-2-9-25-18/h3-8,13-14H,2,9-12,15H2,1H3. The SMILES string of the molecule is CN(Cc1ccc2c(c1)OCCO2)C(=O)C=Cc1ccc2c(c1)OCCCO2. The second-order valence-corrected chi connectivity index (χ2v) is 6.76. The molecule has 2 heterocycles. The average molecular weight is 381 g/mol. The van der Waals surface area contributed by atoms with Crippen LogP contribution in [0.5, 0.6) is 23.0 Å². The molecule has 2 aliphatic heterocycles. The fourth-order valence-corrected chi connectivity index (χ4v) is 3.12. The number of nitrogens with zero attached hydrogens (tertiary/aromatic N) is 1. The fraction of sp³-hybridized carbons (Fsp3) is 0.318. The van der Waals surface area contributed by atoms with E-state index in [1.807, 2.05) is 36.4 Å². The molecule has 0 saturated carbocycles. The predicted octanol–water partition coefficient (Wildman–Crippen LogP) is 3.29. The maximum atomic E-state index is 12.5. The number of carbonyl (C=O) groups excluding carboxylic acids is 1. The maximum absolute atomic E-state index is 12.5. The molecule has 6 nitrogen and oxygen atoms in total. The lowest BCUT2D eigenvalue weighted by molar-refractivity contribution is -0.125. The van der Waals surface area contributed by atoms with Crippen molar-refractivity contribution in [2.24, 2.45) is 0 Å². The van der Waals surface area contributed by atoms with Gasteiger partial charge in [0.15, 0.2) is 23.0 Å². The number of hydrogen-bond acceptors (Lipinski definition) is 5. The van der Waals surface area contributed by atoms with Crippen LogP contribution >= 0.6 is 0 Å². The van der Waals surface area contributed by atoms with Gasteiger partial charge in [-0.3, -0.25) is 4.79 Å². The second kappa shape index (κ2) is 8.25. The molecule has 0 spiro atoms. The van der Waals surface area contributed by atoms with Gasteiger partial charge < -0.3 is 23.8 Å². The highest BCUT2D eigenvalue weighted by atomic mass is 16.6. The summed E-state index contributed by atoms with van der Waals surface area (Å²) in [5, 5.41) is 0. The lowest BCUT2D eigenvalue weighted by Gasteiger charge is -2.20. The molecule has 2 aliphatic rings. The molecule has 2 aromatic rings. The van der Waals surface area contributed by atoms with Gasteiger partial charge in [0, 0.05) is 26.1 Å². The zero-order valence-electron chi connectivity index (χ0n) is 15.8. The number of rotatable bonds is 4. The normalized spacial score (nSPS) is 15.2. The van der Waals surface area contributed by atoms with Crippen LogP contribution in [0.25, 0.3) is 6.08 Å². The van der Waals surface area contributed by atoms with E-state index in [-0.39, 0.29) is 5.91 Å². The van der Waals surface area contributed by atoms with Gasteiger partial charge in [0.05, 0.1) is 13.2 Å². The summed E-state index contributed by atoms with van der Waals surface area (Å²) in [6.45, 7) is 2.89. The first kappa shape index (κ1) is 18.2. The van der Waals surface area contributed by atoms with Crippen molar-refractivity contribution < 1.29 is 23.7 Å². The Hall–Kier alpha value is -3.15. The molecule has 0 unspecified atom stereocenters. The van der Waals surface area contributed by atoms with E-state index >= 15 is 0 Å². The molecule has 0 radical (unpaired) electrons. The zero-order chi connectivity index (χ0) is 19.3. The third-order valence-electron chi connectivity index (χ3n) is 4.59. The van der Waals surface area contributed by atoms with Crippen LogP contribution in [0.4, 0.5) is 0 Å². The van der Waals surface area contributed by atoms with Crippen molar-refractivity contribution in [2.45, 2.75) is 13.0 Å². The van der Waals surface area contributed by atoms with Crippen LogP contribution in [0.3, 0.4) is 0 Å². The van der Waals surface area contributed by atoms with E-state index in [1.165, 1.54) is 0 Å². The molecule has 6 heteroatoms. The van der Waals surface area contributed by atoms with Crippen molar-refractivity contribution >= 4 is 12.0 Å².